The number of nitrogens with zero attached hydrogens (tertiary/aromatic N) is 1. The van der Waals surface area contributed by atoms with Crippen LogP contribution in [0.25, 0.3) is 0 Å². The first-order valence-electron chi connectivity index (χ1n) is 8.58. The summed E-state index contributed by atoms with van der Waals surface area (Å²) in [6.45, 7) is 11.6. The molecule has 2 rings (SSSR count). The number of likely N-dealkylation sites (tertiary alicyclic amines) is 1. The second kappa shape index (κ2) is 6.93. The Labute approximate surface area is 130 Å². The van der Waals surface area contributed by atoms with Gasteiger partial charge in [-0.25, -0.2) is 0 Å². The van der Waals surface area contributed by atoms with Crippen molar-refractivity contribution in [2.45, 2.75) is 65.0 Å². The Balaban J connectivity index is 2.41. The second-order valence-electron chi connectivity index (χ2n) is 6.57. The number of likely N-dealkylation sites (N-methyl/N-ethyl adjacent to an activating group) is 1. The van der Waals surface area contributed by atoms with Gasteiger partial charge in [-0.05, 0) is 76.4 Å². The summed E-state index contributed by atoms with van der Waals surface area (Å²) in [7, 11) is 2.12. The van der Waals surface area contributed by atoms with Crippen LogP contribution in [0.15, 0.2) is 18.2 Å². The lowest BCUT2D eigenvalue weighted by molar-refractivity contribution is 0.0647. The standard InChI is InChI=1S/C19H32N2/c1-6-19(7-2,21-12-8-9-13-21)18(20-5)17-11-10-15(3)16(4)14-17/h10-11,14,18,20H,6-9,12-13H2,1-5H3. The third-order valence-electron chi connectivity index (χ3n) is 5.65. The molecule has 1 aliphatic rings. The van der Waals surface area contributed by atoms with Crippen LogP contribution >= 0.6 is 0 Å². The van der Waals surface area contributed by atoms with Gasteiger partial charge in [0.15, 0.2) is 0 Å². The Morgan fingerprint density at radius 1 is 1.10 bits per heavy atom. The minimum Gasteiger partial charge on any atom is -0.311 e. The lowest BCUT2D eigenvalue weighted by Crippen LogP contribution is -2.54. The summed E-state index contributed by atoms with van der Waals surface area (Å²) in [5.41, 5.74) is 4.47. The van der Waals surface area contributed by atoms with Crippen LogP contribution in [0.5, 0.6) is 0 Å². The maximum absolute atomic E-state index is 3.64. The quantitative estimate of drug-likeness (QED) is 0.843. The van der Waals surface area contributed by atoms with Gasteiger partial charge in [0, 0.05) is 5.54 Å². The third kappa shape index (κ3) is 3.02. The van der Waals surface area contributed by atoms with Crippen LogP contribution in [0.4, 0.5) is 0 Å². The van der Waals surface area contributed by atoms with Crippen molar-refractivity contribution >= 4 is 0 Å². The Hall–Kier alpha value is -0.860. The van der Waals surface area contributed by atoms with E-state index in [1.54, 1.807) is 0 Å². The van der Waals surface area contributed by atoms with Crippen LogP contribution in [-0.4, -0.2) is 30.6 Å². The first-order valence-corrected chi connectivity index (χ1v) is 8.58. The van der Waals surface area contributed by atoms with E-state index in [-0.39, 0.29) is 5.54 Å². The molecule has 1 aromatic rings. The number of nitrogens with one attached hydrogen (secondary N) is 1. The molecule has 1 unspecified atom stereocenters. The SMILES string of the molecule is CCC(CC)(C(NC)c1ccc(C)c(C)c1)N1CCCC1. The molecule has 1 aliphatic heterocycles. The molecule has 0 spiro atoms. The van der Waals surface area contributed by atoms with E-state index < -0.39 is 0 Å². The number of hydrogen-bond donors (Lipinski definition) is 1. The average Bonchev–Trinajstić information content (AvgIpc) is 3.02. The Kier molecular flexibility index (Phi) is 5.45. The molecule has 1 heterocycles. The first-order chi connectivity index (χ1) is 10.1. The predicted octanol–water partition coefficient (Wildman–Crippen LogP) is 4.22. The van der Waals surface area contributed by atoms with Gasteiger partial charge in [0.25, 0.3) is 0 Å². The molecule has 0 amide bonds. The highest BCUT2D eigenvalue weighted by atomic mass is 15.2. The highest BCUT2D eigenvalue weighted by molar-refractivity contribution is 5.33. The van der Waals surface area contributed by atoms with Crippen molar-refractivity contribution in [3.63, 3.8) is 0 Å². The summed E-state index contributed by atoms with van der Waals surface area (Å²) < 4.78 is 0. The molecule has 1 atom stereocenters. The van der Waals surface area contributed by atoms with Gasteiger partial charge in [-0.2, -0.15) is 0 Å². The molecule has 1 fully saturated rings. The zero-order chi connectivity index (χ0) is 15.5. The summed E-state index contributed by atoms with van der Waals surface area (Å²) in [4.78, 5) is 2.74. The number of hydrogen-bond acceptors (Lipinski definition) is 2. The van der Waals surface area contributed by atoms with Gasteiger partial charge in [-0.3, -0.25) is 4.90 Å². The molecule has 0 saturated carbocycles. The molecule has 1 saturated heterocycles. The summed E-state index contributed by atoms with van der Waals surface area (Å²) in [6.07, 6.45) is 5.10. The smallest absolute Gasteiger partial charge is 0.0504 e. The van der Waals surface area contributed by atoms with Gasteiger partial charge in [0.2, 0.25) is 0 Å². The van der Waals surface area contributed by atoms with Gasteiger partial charge in [0.05, 0.1) is 6.04 Å². The zero-order valence-electron chi connectivity index (χ0n) is 14.5. The van der Waals surface area contributed by atoms with Gasteiger partial charge in [0.1, 0.15) is 0 Å². The van der Waals surface area contributed by atoms with Crippen LogP contribution in [0.2, 0.25) is 0 Å². The lowest BCUT2D eigenvalue weighted by Gasteiger charge is -2.47. The molecule has 118 valence electrons. The molecule has 2 heteroatoms. The fourth-order valence-electron chi connectivity index (χ4n) is 4.14. The summed E-state index contributed by atoms with van der Waals surface area (Å²) in [5.74, 6) is 0. The number of rotatable bonds is 6. The van der Waals surface area contributed by atoms with Crippen LogP contribution in [0.3, 0.4) is 0 Å². The molecular weight excluding hydrogens is 256 g/mol. The summed E-state index contributed by atoms with van der Waals surface area (Å²) in [5, 5.41) is 3.64. The predicted molar refractivity (Wildman–Crippen MR) is 91.8 cm³/mol. The van der Waals surface area contributed by atoms with Crippen molar-refractivity contribution in [2.75, 3.05) is 20.1 Å². The van der Waals surface area contributed by atoms with Crippen molar-refractivity contribution in [1.82, 2.24) is 10.2 Å². The number of benzene rings is 1. The van der Waals surface area contributed by atoms with E-state index in [4.69, 9.17) is 0 Å². The van der Waals surface area contributed by atoms with Crippen molar-refractivity contribution in [2.24, 2.45) is 0 Å². The Morgan fingerprint density at radius 3 is 2.19 bits per heavy atom. The maximum Gasteiger partial charge on any atom is 0.0504 e. The Morgan fingerprint density at radius 2 is 1.71 bits per heavy atom. The van der Waals surface area contributed by atoms with E-state index >= 15 is 0 Å². The molecule has 0 radical (unpaired) electrons. The monoisotopic (exact) mass is 288 g/mol. The number of aryl methyl sites for hydroxylation is 2. The minimum absolute atomic E-state index is 0.243. The van der Waals surface area contributed by atoms with Crippen LogP contribution < -0.4 is 5.32 Å². The fourth-order valence-corrected chi connectivity index (χ4v) is 4.14. The molecule has 0 aromatic heterocycles. The van der Waals surface area contributed by atoms with E-state index in [9.17, 15) is 0 Å². The fraction of sp³-hybridized carbons (Fsp3) is 0.684. The maximum atomic E-state index is 3.64. The molecule has 1 aromatic carbocycles. The first kappa shape index (κ1) is 16.5. The van der Waals surface area contributed by atoms with Crippen LogP contribution in [-0.2, 0) is 0 Å². The van der Waals surface area contributed by atoms with Crippen molar-refractivity contribution in [3.8, 4) is 0 Å². The summed E-state index contributed by atoms with van der Waals surface area (Å²) >= 11 is 0. The molecule has 2 nitrogen and oxygen atoms in total. The highest BCUT2D eigenvalue weighted by Gasteiger charge is 2.42. The topological polar surface area (TPSA) is 15.3 Å². The molecular formula is C19H32N2. The Bertz CT molecular complexity index is 457. The molecule has 0 bridgehead atoms. The van der Waals surface area contributed by atoms with E-state index in [0.717, 1.165) is 0 Å². The second-order valence-corrected chi connectivity index (χ2v) is 6.57. The van der Waals surface area contributed by atoms with E-state index in [1.165, 1.54) is 55.5 Å². The van der Waals surface area contributed by atoms with Gasteiger partial charge < -0.3 is 5.32 Å². The zero-order valence-corrected chi connectivity index (χ0v) is 14.5. The lowest BCUT2D eigenvalue weighted by atomic mass is 9.78. The molecule has 21 heavy (non-hydrogen) atoms. The van der Waals surface area contributed by atoms with Crippen molar-refractivity contribution in [3.05, 3.63) is 34.9 Å². The van der Waals surface area contributed by atoms with Crippen molar-refractivity contribution in [1.29, 1.82) is 0 Å². The van der Waals surface area contributed by atoms with Crippen molar-refractivity contribution < 1.29 is 0 Å². The van der Waals surface area contributed by atoms with E-state index in [2.05, 4.69) is 63.2 Å². The highest BCUT2D eigenvalue weighted by Crippen LogP contribution is 2.39. The normalized spacial score (nSPS) is 18.1. The van der Waals surface area contributed by atoms with Gasteiger partial charge in [-0.15, -0.1) is 0 Å². The van der Waals surface area contributed by atoms with E-state index in [1.807, 2.05) is 0 Å². The van der Waals surface area contributed by atoms with Crippen LogP contribution in [0.1, 0.15) is 62.3 Å². The summed E-state index contributed by atoms with van der Waals surface area (Å²) in [6, 6.07) is 7.38. The third-order valence-corrected chi connectivity index (χ3v) is 5.65. The minimum atomic E-state index is 0.243. The van der Waals surface area contributed by atoms with Crippen LogP contribution in [0, 0.1) is 13.8 Å². The van der Waals surface area contributed by atoms with Gasteiger partial charge in [-0.1, -0.05) is 32.0 Å². The van der Waals surface area contributed by atoms with Gasteiger partial charge >= 0.3 is 0 Å². The molecule has 1 N–H and O–H groups in total. The molecule has 0 aliphatic carbocycles. The van der Waals surface area contributed by atoms with E-state index in [0.29, 0.717) is 6.04 Å². The largest absolute Gasteiger partial charge is 0.311 e. The average molecular weight is 288 g/mol.